The molecule has 0 radical (unpaired) electrons. The second kappa shape index (κ2) is 8.22. The molecule has 8 heteroatoms. The monoisotopic (exact) mass is 402 g/mol. The summed E-state index contributed by atoms with van der Waals surface area (Å²) < 4.78 is 16.2. The molecule has 2 aromatic carbocycles. The minimum absolute atomic E-state index is 0.0447. The highest BCUT2D eigenvalue weighted by Crippen LogP contribution is 2.34. The molecule has 28 heavy (non-hydrogen) atoms. The van der Waals surface area contributed by atoms with Gasteiger partial charge in [-0.2, -0.15) is 0 Å². The van der Waals surface area contributed by atoms with E-state index in [1.165, 1.54) is 14.2 Å². The van der Waals surface area contributed by atoms with Crippen LogP contribution in [-0.4, -0.2) is 31.4 Å². The van der Waals surface area contributed by atoms with Crippen LogP contribution >= 0.6 is 11.6 Å². The van der Waals surface area contributed by atoms with Gasteiger partial charge in [0.05, 0.1) is 19.9 Å². The first kappa shape index (κ1) is 19.6. The van der Waals surface area contributed by atoms with Crippen LogP contribution in [-0.2, 0) is 4.79 Å². The molecule has 146 valence electrons. The predicted molar refractivity (Wildman–Crippen MR) is 108 cm³/mol. The number of carbonyl (C=O) groups is 2. The quantitative estimate of drug-likeness (QED) is 0.601. The molecule has 1 aromatic heterocycles. The Morgan fingerprint density at radius 3 is 2.50 bits per heavy atom. The standard InChI is InChI=1S/C20H19ClN2O5/c1-11(21)19(24)23-17-13-6-4-5-7-15(13)28-18(17)20(25)22-14-10-12(26-2)8-9-16(14)27-3/h4-11H,1-3H3,(H,22,25)(H,23,24). The summed E-state index contributed by atoms with van der Waals surface area (Å²) in [6.07, 6.45) is 0. The molecule has 1 unspecified atom stereocenters. The normalized spacial score (nSPS) is 11.7. The smallest absolute Gasteiger partial charge is 0.293 e. The van der Waals surface area contributed by atoms with E-state index in [4.69, 9.17) is 25.5 Å². The van der Waals surface area contributed by atoms with Gasteiger partial charge in [-0.3, -0.25) is 9.59 Å². The van der Waals surface area contributed by atoms with Crippen molar-refractivity contribution in [1.82, 2.24) is 0 Å². The molecule has 1 heterocycles. The van der Waals surface area contributed by atoms with Gasteiger partial charge in [-0.1, -0.05) is 12.1 Å². The van der Waals surface area contributed by atoms with Gasteiger partial charge in [-0.05, 0) is 31.2 Å². The number of nitrogens with one attached hydrogen (secondary N) is 2. The summed E-state index contributed by atoms with van der Waals surface area (Å²) in [4.78, 5) is 25.1. The summed E-state index contributed by atoms with van der Waals surface area (Å²) in [5, 5.41) is 5.22. The number of methoxy groups -OCH3 is 2. The number of fused-ring (bicyclic) bond motifs is 1. The molecule has 2 N–H and O–H groups in total. The van der Waals surface area contributed by atoms with Gasteiger partial charge < -0.3 is 24.5 Å². The van der Waals surface area contributed by atoms with Gasteiger partial charge in [-0.25, -0.2) is 0 Å². The number of alkyl halides is 1. The van der Waals surface area contributed by atoms with Crippen LogP contribution in [0.25, 0.3) is 11.0 Å². The molecular formula is C20H19ClN2O5. The van der Waals surface area contributed by atoms with Gasteiger partial charge in [-0.15, -0.1) is 11.6 Å². The van der Waals surface area contributed by atoms with Crippen LogP contribution < -0.4 is 20.1 Å². The van der Waals surface area contributed by atoms with Crippen LogP contribution in [0.4, 0.5) is 11.4 Å². The third-order valence-corrected chi connectivity index (χ3v) is 4.26. The van der Waals surface area contributed by atoms with Crippen LogP contribution in [0.15, 0.2) is 46.9 Å². The summed E-state index contributed by atoms with van der Waals surface area (Å²) in [5.41, 5.74) is 1.12. The van der Waals surface area contributed by atoms with Crippen molar-refractivity contribution in [2.75, 3.05) is 24.9 Å². The van der Waals surface area contributed by atoms with Crippen molar-refractivity contribution >= 4 is 45.8 Å². The number of furan rings is 1. The van der Waals surface area contributed by atoms with Crippen LogP contribution in [0.5, 0.6) is 11.5 Å². The highest BCUT2D eigenvalue weighted by molar-refractivity contribution is 6.33. The molecule has 0 aliphatic carbocycles. The van der Waals surface area contributed by atoms with Crippen molar-refractivity contribution in [2.45, 2.75) is 12.3 Å². The second-order valence-electron chi connectivity index (χ2n) is 5.93. The maximum absolute atomic E-state index is 12.9. The highest BCUT2D eigenvalue weighted by Gasteiger charge is 2.24. The molecule has 0 spiro atoms. The predicted octanol–water partition coefficient (Wildman–Crippen LogP) is 4.27. The Morgan fingerprint density at radius 2 is 1.82 bits per heavy atom. The highest BCUT2D eigenvalue weighted by atomic mass is 35.5. The maximum atomic E-state index is 12.9. The average molecular weight is 403 g/mol. The fourth-order valence-electron chi connectivity index (χ4n) is 2.64. The lowest BCUT2D eigenvalue weighted by atomic mass is 10.2. The number of para-hydroxylation sites is 1. The Bertz CT molecular complexity index is 1030. The van der Waals surface area contributed by atoms with E-state index in [9.17, 15) is 9.59 Å². The van der Waals surface area contributed by atoms with Crippen molar-refractivity contribution in [1.29, 1.82) is 0 Å². The van der Waals surface area contributed by atoms with Crippen LogP contribution in [0.3, 0.4) is 0 Å². The first-order chi connectivity index (χ1) is 13.4. The lowest BCUT2D eigenvalue weighted by Crippen LogP contribution is -2.22. The van der Waals surface area contributed by atoms with Crippen molar-refractivity contribution < 1.29 is 23.5 Å². The Hall–Kier alpha value is -3.19. The molecule has 0 fully saturated rings. The van der Waals surface area contributed by atoms with Gasteiger partial charge in [0.25, 0.3) is 5.91 Å². The summed E-state index contributed by atoms with van der Waals surface area (Å²) in [6.45, 7) is 1.54. The van der Waals surface area contributed by atoms with E-state index in [0.29, 0.717) is 28.2 Å². The van der Waals surface area contributed by atoms with Crippen molar-refractivity contribution in [3.05, 3.63) is 48.2 Å². The van der Waals surface area contributed by atoms with E-state index in [1.54, 1.807) is 49.4 Å². The van der Waals surface area contributed by atoms with Gasteiger partial charge in [0, 0.05) is 11.5 Å². The van der Waals surface area contributed by atoms with Crippen molar-refractivity contribution in [2.24, 2.45) is 0 Å². The lowest BCUT2D eigenvalue weighted by Gasteiger charge is -2.12. The fraction of sp³-hybridized carbons (Fsp3) is 0.200. The topological polar surface area (TPSA) is 89.8 Å². The second-order valence-corrected chi connectivity index (χ2v) is 6.58. The Balaban J connectivity index is 2.01. The fourth-order valence-corrected chi connectivity index (χ4v) is 2.70. The van der Waals surface area contributed by atoms with Crippen LogP contribution in [0.1, 0.15) is 17.5 Å². The number of ether oxygens (including phenoxy) is 2. The summed E-state index contributed by atoms with van der Waals surface area (Å²) in [6, 6.07) is 12.0. The molecule has 3 aromatic rings. The molecule has 0 aliphatic heterocycles. The minimum atomic E-state index is -0.775. The zero-order valence-electron chi connectivity index (χ0n) is 15.5. The Morgan fingerprint density at radius 1 is 1.07 bits per heavy atom. The Labute approximate surface area is 166 Å². The van der Waals surface area contributed by atoms with E-state index < -0.39 is 17.2 Å². The largest absolute Gasteiger partial charge is 0.497 e. The van der Waals surface area contributed by atoms with Crippen molar-refractivity contribution in [3.8, 4) is 11.5 Å². The number of hydrogen-bond acceptors (Lipinski definition) is 5. The molecular weight excluding hydrogens is 384 g/mol. The lowest BCUT2D eigenvalue weighted by molar-refractivity contribution is -0.115. The molecule has 1 atom stereocenters. The molecule has 2 amide bonds. The van der Waals surface area contributed by atoms with Gasteiger partial charge in [0.15, 0.2) is 0 Å². The number of hydrogen-bond donors (Lipinski definition) is 2. The molecule has 3 rings (SSSR count). The van der Waals surface area contributed by atoms with E-state index in [2.05, 4.69) is 10.6 Å². The molecule has 0 saturated carbocycles. The average Bonchev–Trinajstić information content (AvgIpc) is 3.06. The van der Waals surface area contributed by atoms with E-state index in [-0.39, 0.29) is 11.4 Å². The number of rotatable bonds is 6. The molecule has 0 bridgehead atoms. The van der Waals surface area contributed by atoms with Gasteiger partial charge in [0.2, 0.25) is 11.7 Å². The summed E-state index contributed by atoms with van der Waals surface area (Å²) in [5.74, 6) is -0.0475. The third kappa shape index (κ3) is 3.89. The number of halogens is 1. The number of amides is 2. The zero-order chi connectivity index (χ0) is 20.3. The van der Waals surface area contributed by atoms with Gasteiger partial charge >= 0.3 is 0 Å². The van der Waals surface area contributed by atoms with Crippen LogP contribution in [0.2, 0.25) is 0 Å². The van der Waals surface area contributed by atoms with Gasteiger partial charge in [0.1, 0.15) is 28.1 Å². The van der Waals surface area contributed by atoms with E-state index in [1.807, 2.05) is 0 Å². The summed E-state index contributed by atoms with van der Waals surface area (Å²) >= 11 is 5.86. The van der Waals surface area contributed by atoms with Crippen molar-refractivity contribution in [3.63, 3.8) is 0 Å². The minimum Gasteiger partial charge on any atom is -0.497 e. The summed E-state index contributed by atoms with van der Waals surface area (Å²) in [7, 11) is 3.01. The van der Waals surface area contributed by atoms with E-state index >= 15 is 0 Å². The SMILES string of the molecule is COc1ccc(OC)c(NC(=O)c2oc3ccccc3c2NC(=O)C(C)Cl)c1. The molecule has 0 saturated heterocycles. The first-order valence-electron chi connectivity index (χ1n) is 8.44. The Kier molecular flexibility index (Phi) is 5.75. The molecule has 0 aliphatic rings. The zero-order valence-corrected chi connectivity index (χ0v) is 16.3. The maximum Gasteiger partial charge on any atom is 0.293 e. The molecule has 7 nitrogen and oxygen atoms in total. The number of carbonyl (C=O) groups excluding carboxylic acids is 2. The number of anilines is 2. The first-order valence-corrected chi connectivity index (χ1v) is 8.88. The van der Waals surface area contributed by atoms with Crippen LogP contribution in [0, 0.1) is 0 Å². The third-order valence-electron chi connectivity index (χ3n) is 4.07. The van der Waals surface area contributed by atoms with E-state index in [0.717, 1.165) is 0 Å². The number of benzene rings is 2.